The summed E-state index contributed by atoms with van der Waals surface area (Å²) in [5, 5.41) is 10.4. The first-order valence-electron chi connectivity index (χ1n) is 6.29. The largest absolute Gasteiger partial charge is 0.461 e. The molecule has 1 atom stereocenters. The lowest BCUT2D eigenvalue weighted by Crippen LogP contribution is -2.53. The number of hydrogen-bond acceptors (Lipinski definition) is 3. The molecular weight excluding hydrogens is 254 g/mol. The molecule has 0 aliphatic heterocycles. The maximum atomic E-state index is 14.2. The summed E-state index contributed by atoms with van der Waals surface area (Å²) in [5.41, 5.74) is -1.70. The predicted octanol–water partition coefficient (Wildman–Crippen LogP) is 2.41. The highest BCUT2D eigenvalue weighted by Gasteiger charge is 2.61. The maximum absolute atomic E-state index is 14.2. The minimum absolute atomic E-state index is 0.124. The first kappa shape index (κ1) is 13.9. The van der Waals surface area contributed by atoms with E-state index in [4.69, 9.17) is 0 Å². The van der Waals surface area contributed by atoms with Gasteiger partial charge in [0, 0.05) is 0 Å². The number of aryl methyl sites for hydroxylation is 1. The second-order valence-electron chi connectivity index (χ2n) is 4.67. The van der Waals surface area contributed by atoms with Crippen LogP contribution < -0.4 is 0 Å². The van der Waals surface area contributed by atoms with Crippen molar-refractivity contribution in [2.24, 2.45) is 0 Å². The number of hydrogen-bond donors (Lipinski definition) is 1. The first-order chi connectivity index (χ1) is 8.93. The van der Waals surface area contributed by atoms with Crippen LogP contribution in [0.25, 0.3) is 0 Å². The number of carbonyl (C=O) groups is 1. The molecule has 0 bridgehead atoms. The number of benzene rings is 1. The van der Waals surface area contributed by atoms with Crippen molar-refractivity contribution in [1.29, 1.82) is 0 Å². The van der Waals surface area contributed by atoms with Gasteiger partial charge in [-0.15, -0.1) is 0 Å². The quantitative estimate of drug-likeness (QED) is 0.858. The summed E-state index contributed by atoms with van der Waals surface area (Å²) in [6, 6.07) is 6.45. The fraction of sp³-hybridized carbons (Fsp3) is 0.500. The van der Waals surface area contributed by atoms with Gasteiger partial charge in [-0.25, -0.2) is 4.79 Å². The SMILES string of the molecule is CCOC(=O)C(F)(F)[C@]1(O)CCCc2ccccc21. The fourth-order valence-corrected chi connectivity index (χ4v) is 2.53. The normalized spacial score (nSPS) is 22.7. The molecule has 0 radical (unpaired) electrons. The molecule has 0 aromatic heterocycles. The Kier molecular flexibility index (Phi) is 3.58. The van der Waals surface area contributed by atoms with Crippen molar-refractivity contribution in [2.75, 3.05) is 6.61 Å². The average molecular weight is 270 g/mol. The minimum atomic E-state index is -3.94. The summed E-state index contributed by atoms with van der Waals surface area (Å²) >= 11 is 0. The number of esters is 1. The van der Waals surface area contributed by atoms with Crippen LogP contribution in [0.4, 0.5) is 8.78 Å². The summed E-state index contributed by atoms with van der Waals surface area (Å²) in [4.78, 5) is 11.4. The Morgan fingerprint density at radius 3 is 2.84 bits per heavy atom. The molecule has 0 saturated carbocycles. The van der Waals surface area contributed by atoms with E-state index in [0.29, 0.717) is 18.4 Å². The molecule has 5 heteroatoms. The zero-order valence-corrected chi connectivity index (χ0v) is 10.7. The molecule has 0 unspecified atom stereocenters. The zero-order chi connectivity index (χ0) is 14.1. The Morgan fingerprint density at radius 2 is 2.16 bits per heavy atom. The van der Waals surface area contributed by atoms with Gasteiger partial charge in [-0.3, -0.25) is 0 Å². The van der Waals surface area contributed by atoms with Crippen molar-refractivity contribution in [3.8, 4) is 0 Å². The molecule has 0 saturated heterocycles. The molecule has 19 heavy (non-hydrogen) atoms. The fourth-order valence-electron chi connectivity index (χ4n) is 2.53. The third-order valence-electron chi connectivity index (χ3n) is 3.50. The first-order valence-corrected chi connectivity index (χ1v) is 6.29. The topological polar surface area (TPSA) is 46.5 Å². The summed E-state index contributed by atoms with van der Waals surface area (Å²) in [6.07, 6.45) is 0.871. The summed E-state index contributed by atoms with van der Waals surface area (Å²) in [6.45, 7) is 1.30. The van der Waals surface area contributed by atoms with Crippen LogP contribution in [0.1, 0.15) is 30.9 Å². The minimum Gasteiger partial charge on any atom is -0.461 e. The van der Waals surface area contributed by atoms with Crippen molar-refractivity contribution in [3.05, 3.63) is 35.4 Å². The monoisotopic (exact) mass is 270 g/mol. The van der Waals surface area contributed by atoms with Gasteiger partial charge >= 0.3 is 11.9 Å². The highest BCUT2D eigenvalue weighted by atomic mass is 19.3. The third-order valence-corrected chi connectivity index (χ3v) is 3.50. The third kappa shape index (κ3) is 2.12. The van der Waals surface area contributed by atoms with E-state index in [9.17, 15) is 18.7 Å². The van der Waals surface area contributed by atoms with Crippen LogP contribution in [0.5, 0.6) is 0 Å². The van der Waals surface area contributed by atoms with Gasteiger partial charge in [0.2, 0.25) is 0 Å². The van der Waals surface area contributed by atoms with Gasteiger partial charge in [0.05, 0.1) is 6.61 Å². The molecular formula is C14H16F2O3. The second-order valence-corrected chi connectivity index (χ2v) is 4.67. The molecule has 1 aliphatic rings. The number of halogens is 2. The van der Waals surface area contributed by atoms with Crippen LogP contribution in [-0.2, 0) is 21.6 Å². The van der Waals surface area contributed by atoms with E-state index in [-0.39, 0.29) is 18.6 Å². The van der Waals surface area contributed by atoms with Gasteiger partial charge in [0.25, 0.3) is 0 Å². The van der Waals surface area contributed by atoms with E-state index in [2.05, 4.69) is 4.74 Å². The zero-order valence-electron chi connectivity index (χ0n) is 10.7. The van der Waals surface area contributed by atoms with E-state index in [1.165, 1.54) is 13.0 Å². The molecule has 0 fully saturated rings. The van der Waals surface area contributed by atoms with E-state index in [1.54, 1.807) is 18.2 Å². The van der Waals surface area contributed by atoms with Crippen LogP contribution in [0.2, 0.25) is 0 Å². The molecule has 0 heterocycles. The lowest BCUT2D eigenvalue weighted by atomic mass is 9.75. The molecule has 104 valence electrons. The van der Waals surface area contributed by atoms with E-state index < -0.39 is 17.5 Å². The van der Waals surface area contributed by atoms with Crippen molar-refractivity contribution < 1.29 is 23.4 Å². The van der Waals surface area contributed by atoms with Crippen LogP contribution in [-0.4, -0.2) is 23.6 Å². The van der Waals surface area contributed by atoms with Gasteiger partial charge in [0.1, 0.15) is 0 Å². The molecule has 1 N–H and O–H groups in total. The van der Waals surface area contributed by atoms with Crippen LogP contribution >= 0.6 is 0 Å². The van der Waals surface area contributed by atoms with Crippen LogP contribution in [0, 0.1) is 0 Å². The summed E-state index contributed by atoms with van der Waals surface area (Å²) in [5.74, 6) is -5.62. The Balaban J connectivity index is 2.46. The number of aliphatic hydroxyl groups is 1. The maximum Gasteiger partial charge on any atom is 0.380 e. The highest BCUT2D eigenvalue weighted by molar-refractivity contribution is 5.80. The van der Waals surface area contributed by atoms with Gasteiger partial charge in [-0.05, 0) is 37.3 Å². The smallest absolute Gasteiger partial charge is 0.380 e. The Hall–Kier alpha value is -1.49. The molecule has 0 spiro atoms. The van der Waals surface area contributed by atoms with Gasteiger partial charge < -0.3 is 9.84 Å². The second kappa shape index (κ2) is 4.89. The standard InChI is InChI=1S/C14H16F2O3/c1-2-19-12(17)14(15,16)13(18)9-5-7-10-6-3-4-8-11(10)13/h3-4,6,8,18H,2,5,7,9H2,1H3/t13-/m0/s1. The van der Waals surface area contributed by atoms with Gasteiger partial charge in [-0.2, -0.15) is 8.78 Å². The van der Waals surface area contributed by atoms with Crippen LogP contribution in [0.15, 0.2) is 24.3 Å². The average Bonchev–Trinajstić information content (AvgIpc) is 2.39. The highest BCUT2D eigenvalue weighted by Crippen LogP contribution is 2.46. The lowest BCUT2D eigenvalue weighted by Gasteiger charge is -2.38. The van der Waals surface area contributed by atoms with Gasteiger partial charge in [0.15, 0.2) is 5.60 Å². The molecule has 1 aromatic carbocycles. The van der Waals surface area contributed by atoms with E-state index in [1.807, 2.05) is 0 Å². The summed E-state index contributed by atoms with van der Waals surface area (Å²) in [7, 11) is 0. The predicted molar refractivity (Wildman–Crippen MR) is 64.9 cm³/mol. The number of alkyl halides is 2. The number of fused-ring (bicyclic) bond motifs is 1. The Bertz CT molecular complexity index is 487. The molecule has 1 aliphatic carbocycles. The molecule has 2 rings (SSSR count). The van der Waals surface area contributed by atoms with Crippen molar-refractivity contribution in [3.63, 3.8) is 0 Å². The molecule has 0 amide bonds. The Labute approximate surface area is 110 Å². The summed E-state index contributed by atoms with van der Waals surface area (Å²) < 4.78 is 32.8. The molecule has 1 aromatic rings. The number of carbonyl (C=O) groups excluding carboxylic acids is 1. The van der Waals surface area contributed by atoms with Crippen molar-refractivity contribution >= 4 is 5.97 Å². The number of rotatable bonds is 3. The lowest BCUT2D eigenvalue weighted by molar-refractivity contribution is -0.220. The molecule has 3 nitrogen and oxygen atoms in total. The van der Waals surface area contributed by atoms with Crippen LogP contribution in [0.3, 0.4) is 0 Å². The van der Waals surface area contributed by atoms with E-state index in [0.717, 1.165) is 0 Å². The van der Waals surface area contributed by atoms with Gasteiger partial charge in [-0.1, -0.05) is 24.3 Å². The van der Waals surface area contributed by atoms with Crippen molar-refractivity contribution in [2.45, 2.75) is 37.7 Å². The number of ether oxygens (including phenoxy) is 1. The Morgan fingerprint density at radius 1 is 1.47 bits per heavy atom. The van der Waals surface area contributed by atoms with E-state index >= 15 is 0 Å². The van der Waals surface area contributed by atoms with Crippen molar-refractivity contribution in [1.82, 2.24) is 0 Å².